The van der Waals surface area contributed by atoms with E-state index in [4.69, 9.17) is 4.74 Å². The van der Waals surface area contributed by atoms with E-state index in [0.29, 0.717) is 12.8 Å². The topological polar surface area (TPSA) is 75.7 Å². The Kier molecular flexibility index (Phi) is 4.07. The monoisotopic (exact) mass is 268 g/mol. The van der Waals surface area contributed by atoms with Crippen molar-refractivity contribution >= 4 is 17.9 Å². The molecule has 0 aromatic carbocycles. The Bertz CT molecular complexity index is 386. The molecule has 3 amide bonds. The summed E-state index contributed by atoms with van der Waals surface area (Å²) in [5, 5.41) is 2.79. The minimum Gasteiger partial charge on any atom is -0.465 e. The Morgan fingerprint density at radius 3 is 2.47 bits per heavy atom. The number of ether oxygens (including phenoxy) is 1. The van der Waals surface area contributed by atoms with Gasteiger partial charge in [0.15, 0.2) is 0 Å². The number of esters is 1. The molecule has 0 aromatic heterocycles. The number of imide groups is 1. The van der Waals surface area contributed by atoms with Crippen LogP contribution in [0, 0.1) is 0 Å². The highest BCUT2D eigenvalue weighted by Crippen LogP contribution is 2.32. The van der Waals surface area contributed by atoms with Crippen molar-refractivity contribution < 1.29 is 19.1 Å². The molecule has 19 heavy (non-hydrogen) atoms. The molecule has 0 unspecified atom stereocenters. The van der Waals surface area contributed by atoms with Gasteiger partial charge in [0, 0.05) is 0 Å². The zero-order chi connectivity index (χ0) is 13.9. The zero-order valence-electron chi connectivity index (χ0n) is 11.2. The minimum absolute atomic E-state index is 0.244. The smallest absolute Gasteiger partial charge is 0.326 e. The third kappa shape index (κ3) is 2.72. The lowest BCUT2D eigenvalue weighted by Crippen LogP contribution is -2.46. The average molecular weight is 268 g/mol. The first-order chi connectivity index (χ1) is 9.09. The normalized spacial score (nSPS) is 22.3. The number of nitrogens with zero attached hydrogens (tertiary/aromatic N) is 1. The number of nitrogens with one attached hydrogen (secondary N) is 1. The number of hydrogen-bond acceptors (Lipinski definition) is 4. The fourth-order valence-electron chi connectivity index (χ4n) is 2.83. The van der Waals surface area contributed by atoms with Crippen LogP contribution in [0.4, 0.5) is 4.79 Å². The van der Waals surface area contributed by atoms with Gasteiger partial charge in [-0.05, 0) is 19.8 Å². The number of carbonyl (C=O) groups is 3. The lowest BCUT2D eigenvalue weighted by Gasteiger charge is -2.24. The van der Waals surface area contributed by atoms with Crippen LogP contribution < -0.4 is 5.32 Å². The summed E-state index contributed by atoms with van der Waals surface area (Å²) in [5.41, 5.74) is -0.778. The van der Waals surface area contributed by atoms with Crippen molar-refractivity contribution in [2.45, 2.75) is 51.0 Å². The molecule has 2 aliphatic rings. The molecule has 1 saturated carbocycles. The van der Waals surface area contributed by atoms with Crippen LogP contribution in [0.25, 0.3) is 0 Å². The highest BCUT2D eigenvalue weighted by Gasteiger charge is 2.51. The van der Waals surface area contributed by atoms with Crippen LogP contribution in [0.1, 0.15) is 45.4 Å². The van der Waals surface area contributed by atoms with Gasteiger partial charge >= 0.3 is 12.0 Å². The van der Waals surface area contributed by atoms with Crippen molar-refractivity contribution in [1.29, 1.82) is 0 Å². The third-order valence-electron chi connectivity index (χ3n) is 3.80. The highest BCUT2D eigenvalue weighted by molar-refractivity contribution is 6.08. The first-order valence-electron chi connectivity index (χ1n) is 6.89. The summed E-state index contributed by atoms with van der Waals surface area (Å²) in [4.78, 5) is 36.7. The van der Waals surface area contributed by atoms with Crippen LogP contribution in [-0.4, -0.2) is 41.5 Å². The van der Waals surface area contributed by atoms with Gasteiger partial charge in [-0.15, -0.1) is 0 Å². The largest absolute Gasteiger partial charge is 0.465 e. The van der Waals surface area contributed by atoms with Crippen molar-refractivity contribution in [3.63, 3.8) is 0 Å². The van der Waals surface area contributed by atoms with Gasteiger partial charge in [0.25, 0.3) is 5.91 Å². The van der Waals surface area contributed by atoms with Gasteiger partial charge in [-0.3, -0.25) is 14.5 Å². The van der Waals surface area contributed by atoms with E-state index in [0.717, 1.165) is 30.6 Å². The Morgan fingerprint density at radius 2 is 1.89 bits per heavy atom. The Labute approximate surface area is 112 Å². The standard InChI is InChI=1S/C13H20N2O4/c1-2-19-10(16)9-15-11(17)13(14-12(15)18)7-5-3-4-6-8-13/h2-9H2,1H3,(H,14,18). The van der Waals surface area contributed by atoms with E-state index in [-0.39, 0.29) is 19.1 Å². The van der Waals surface area contributed by atoms with E-state index < -0.39 is 17.5 Å². The molecule has 2 rings (SSSR count). The van der Waals surface area contributed by atoms with Crippen molar-refractivity contribution in [2.75, 3.05) is 13.2 Å². The average Bonchev–Trinajstić information content (AvgIpc) is 2.57. The molecule has 1 aliphatic carbocycles. The molecule has 1 saturated heterocycles. The minimum atomic E-state index is -0.778. The van der Waals surface area contributed by atoms with Gasteiger partial charge in [0.2, 0.25) is 0 Å². The second-order valence-electron chi connectivity index (χ2n) is 5.12. The number of rotatable bonds is 3. The Morgan fingerprint density at radius 1 is 1.26 bits per heavy atom. The molecular formula is C13H20N2O4. The van der Waals surface area contributed by atoms with Crippen LogP contribution in [0.2, 0.25) is 0 Å². The molecule has 0 radical (unpaired) electrons. The number of hydrogen-bond donors (Lipinski definition) is 1. The molecule has 6 nitrogen and oxygen atoms in total. The van der Waals surface area contributed by atoms with Crippen LogP contribution in [0.5, 0.6) is 0 Å². The molecular weight excluding hydrogens is 248 g/mol. The fraction of sp³-hybridized carbons (Fsp3) is 0.769. The summed E-state index contributed by atoms with van der Waals surface area (Å²) < 4.78 is 4.79. The predicted molar refractivity (Wildman–Crippen MR) is 67.3 cm³/mol. The predicted octanol–water partition coefficient (Wildman–Crippen LogP) is 1.19. The lowest BCUT2D eigenvalue weighted by molar-refractivity contribution is -0.147. The van der Waals surface area contributed by atoms with E-state index in [9.17, 15) is 14.4 Å². The van der Waals surface area contributed by atoms with Crippen LogP contribution in [0.3, 0.4) is 0 Å². The first kappa shape index (κ1) is 13.8. The van der Waals surface area contributed by atoms with Crippen LogP contribution in [0.15, 0.2) is 0 Å². The van der Waals surface area contributed by atoms with Gasteiger partial charge in [-0.2, -0.15) is 0 Å². The molecule has 1 spiro atoms. The molecule has 1 aliphatic heterocycles. The maximum atomic E-state index is 12.4. The summed E-state index contributed by atoms with van der Waals surface area (Å²) in [6.07, 6.45) is 5.36. The molecule has 0 bridgehead atoms. The van der Waals surface area contributed by atoms with Crippen molar-refractivity contribution in [2.24, 2.45) is 0 Å². The third-order valence-corrected chi connectivity index (χ3v) is 3.80. The quantitative estimate of drug-likeness (QED) is 0.616. The van der Waals surface area contributed by atoms with Gasteiger partial charge in [-0.1, -0.05) is 25.7 Å². The van der Waals surface area contributed by atoms with E-state index in [1.807, 2.05) is 0 Å². The molecule has 106 valence electrons. The van der Waals surface area contributed by atoms with Crippen molar-refractivity contribution in [1.82, 2.24) is 10.2 Å². The second-order valence-corrected chi connectivity index (χ2v) is 5.12. The summed E-state index contributed by atoms with van der Waals surface area (Å²) in [7, 11) is 0. The fourth-order valence-corrected chi connectivity index (χ4v) is 2.83. The van der Waals surface area contributed by atoms with E-state index >= 15 is 0 Å². The van der Waals surface area contributed by atoms with E-state index in [1.165, 1.54) is 0 Å². The highest BCUT2D eigenvalue weighted by atomic mass is 16.5. The SMILES string of the molecule is CCOC(=O)CN1C(=O)NC2(CCCCCC2)C1=O. The summed E-state index contributed by atoms with van der Waals surface area (Å²) >= 11 is 0. The summed E-state index contributed by atoms with van der Waals surface area (Å²) in [6.45, 7) is 1.64. The molecule has 6 heteroatoms. The van der Waals surface area contributed by atoms with Crippen LogP contribution >= 0.6 is 0 Å². The maximum absolute atomic E-state index is 12.4. The van der Waals surface area contributed by atoms with Gasteiger partial charge in [-0.25, -0.2) is 4.79 Å². The van der Waals surface area contributed by atoms with Gasteiger partial charge in [0.1, 0.15) is 12.1 Å². The Balaban J connectivity index is 2.08. The zero-order valence-corrected chi connectivity index (χ0v) is 11.2. The number of carbonyl (C=O) groups excluding carboxylic acids is 3. The molecule has 2 fully saturated rings. The van der Waals surface area contributed by atoms with Gasteiger partial charge in [0.05, 0.1) is 6.61 Å². The number of urea groups is 1. The van der Waals surface area contributed by atoms with E-state index in [1.54, 1.807) is 6.92 Å². The van der Waals surface area contributed by atoms with E-state index in [2.05, 4.69) is 5.32 Å². The maximum Gasteiger partial charge on any atom is 0.326 e. The molecule has 1 N–H and O–H groups in total. The summed E-state index contributed by atoms with van der Waals surface area (Å²) in [6, 6.07) is -0.472. The van der Waals surface area contributed by atoms with Gasteiger partial charge < -0.3 is 10.1 Å². The first-order valence-corrected chi connectivity index (χ1v) is 6.89. The van der Waals surface area contributed by atoms with Crippen molar-refractivity contribution in [3.05, 3.63) is 0 Å². The molecule has 1 heterocycles. The molecule has 0 aromatic rings. The van der Waals surface area contributed by atoms with Crippen LogP contribution in [-0.2, 0) is 14.3 Å². The molecule has 0 atom stereocenters. The van der Waals surface area contributed by atoms with Crippen molar-refractivity contribution in [3.8, 4) is 0 Å². The second kappa shape index (κ2) is 5.59. The Hall–Kier alpha value is -1.59. The number of amides is 3. The summed E-state index contributed by atoms with van der Waals surface area (Å²) in [5.74, 6) is -0.816. The lowest BCUT2D eigenvalue weighted by atomic mass is 9.90.